The molecule has 1 fully saturated rings. The fourth-order valence-electron chi connectivity index (χ4n) is 4.90. The summed E-state index contributed by atoms with van der Waals surface area (Å²) >= 11 is 0. The van der Waals surface area contributed by atoms with Crippen LogP contribution in [0.2, 0.25) is 0 Å². The molecule has 2 aliphatic rings. The first-order valence-corrected chi connectivity index (χ1v) is 10.1. The Hall–Kier alpha value is -3.55. The molecule has 1 saturated heterocycles. The van der Waals surface area contributed by atoms with Crippen molar-refractivity contribution in [2.45, 2.75) is 30.8 Å². The number of aromatic hydroxyl groups is 1. The Morgan fingerprint density at radius 2 is 1.81 bits per heavy atom. The van der Waals surface area contributed by atoms with Gasteiger partial charge in [-0.15, -0.1) is 0 Å². The van der Waals surface area contributed by atoms with Crippen LogP contribution in [0.15, 0.2) is 59.5 Å². The van der Waals surface area contributed by atoms with Gasteiger partial charge in [-0.05, 0) is 48.2 Å². The highest BCUT2D eigenvalue weighted by Gasteiger charge is 2.48. The topological polar surface area (TPSA) is 75.4 Å². The van der Waals surface area contributed by atoms with Crippen molar-refractivity contribution < 1.29 is 18.7 Å². The van der Waals surface area contributed by atoms with Crippen molar-refractivity contribution in [2.75, 3.05) is 6.54 Å². The molecule has 2 aromatic carbocycles. The molecule has 0 spiro atoms. The highest BCUT2D eigenvalue weighted by Crippen LogP contribution is 2.45. The predicted octanol–water partition coefficient (Wildman–Crippen LogP) is 3.22. The molecule has 5 rings (SSSR count). The first kappa shape index (κ1) is 19.4. The van der Waals surface area contributed by atoms with E-state index in [0.717, 1.165) is 12.6 Å². The number of aromatic nitrogens is 2. The maximum atomic E-state index is 14.2. The predicted molar refractivity (Wildman–Crippen MR) is 108 cm³/mol. The molecular formula is C23H19F2N3O3. The molecule has 0 aliphatic carbocycles. The normalized spacial score (nSPS) is 21.0. The molecule has 3 atom stereocenters. The summed E-state index contributed by atoms with van der Waals surface area (Å²) in [4.78, 5) is 26.8. The number of benzene rings is 2. The van der Waals surface area contributed by atoms with Crippen LogP contribution in [0.3, 0.4) is 0 Å². The van der Waals surface area contributed by atoms with Crippen LogP contribution < -0.4 is 5.43 Å². The summed E-state index contributed by atoms with van der Waals surface area (Å²) in [6.07, 6.45) is 2.43. The monoisotopic (exact) mass is 423 g/mol. The van der Waals surface area contributed by atoms with Crippen molar-refractivity contribution in [3.8, 4) is 5.75 Å². The van der Waals surface area contributed by atoms with Gasteiger partial charge >= 0.3 is 0 Å². The van der Waals surface area contributed by atoms with E-state index >= 15 is 0 Å². The number of nitrogens with zero attached hydrogens (tertiary/aromatic N) is 3. The van der Waals surface area contributed by atoms with E-state index in [1.54, 1.807) is 29.2 Å². The second-order valence-corrected chi connectivity index (χ2v) is 7.93. The van der Waals surface area contributed by atoms with Crippen LogP contribution in [0.5, 0.6) is 5.75 Å². The maximum absolute atomic E-state index is 14.2. The van der Waals surface area contributed by atoms with Crippen LogP contribution in [0.4, 0.5) is 8.78 Å². The zero-order valence-electron chi connectivity index (χ0n) is 16.4. The van der Waals surface area contributed by atoms with E-state index in [1.807, 2.05) is 0 Å². The van der Waals surface area contributed by atoms with Gasteiger partial charge in [0.25, 0.3) is 5.91 Å². The van der Waals surface area contributed by atoms with Gasteiger partial charge in [-0.3, -0.25) is 14.3 Å². The minimum atomic E-state index is -0.736. The first-order valence-electron chi connectivity index (χ1n) is 10.1. The molecule has 1 N–H and O–H groups in total. The average Bonchev–Trinajstić information content (AvgIpc) is 3.24. The van der Waals surface area contributed by atoms with E-state index < -0.39 is 40.7 Å². The Bertz CT molecular complexity index is 1230. The fourth-order valence-corrected chi connectivity index (χ4v) is 4.90. The van der Waals surface area contributed by atoms with Gasteiger partial charge in [0, 0.05) is 12.5 Å². The van der Waals surface area contributed by atoms with Crippen LogP contribution >= 0.6 is 0 Å². The van der Waals surface area contributed by atoms with Crippen molar-refractivity contribution >= 4 is 5.91 Å². The summed E-state index contributed by atoms with van der Waals surface area (Å²) in [5, 5.41) is 14.6. The standard InChI is InChI=1S/C23H19F2N3O3/c24-15-8-6-13(7-9-15)19(14-3-1-4-16(25)11-14)20-17-5-2-10-27(17)23(31)21-22(30)18(29)12-26-28(20)21/h1,3-4,6-9,11-12,17,19-20,30H,2,5,10H2/t17-,19-,20-/m1/s1. The van der Waals surface area contributed by atoms with Gasteiger partial charge in [-0.2, -0.15) is 5.10 Å². The van der Waals surface area contributed by atoms with Gasteiger partial charge in [0.2, 0.25) is 5.43 Å². The molecule has 0 radical (unpaired) electrons. The van der Waals surface area contributed by atoms with Crippen molar-refractivity contribution in [1.29, 1.82) is 0 Å². The Balaban J connectivity index is 1.78. The number of amides is 1. The lowest BCUT2D eigenvalue weighted by molar-refractivity contribution is 0.0565. The van der Waals surface area contributed by atoms with E-state index in [9.17, 15) is 23.5 Å². The molecule has 1 aromatic heterocycles. The number of rotatable bonds is 3. The highest BCUT2D eigenvalue weighted by atomic mass is 19.1. The molecule has 0 saturated carbocycles. The van der Waals surface area contributed by atoms with Gasteiger partial charge in [-0.25, -0.2) is 8.78 Å². The van der Waals surface area contributed by atoms with Crippen molar-refractivity contribution in [3.63, 3.8) is 0 Å². The zero-order chi connectivity index (χ0) is 21.7. The quantitative estimate of drug-likeness (QED) is 0.702. The molecule has 2 aliphatic heterocycles. The maximum Gasteiger partial charge on any atom is 0.276 e. The Kier molecular flexibility index (Phi) is 4.57. The van der Waals surface area contributed by atoms with Crippen LogP contribution in [-0.2, 0) is 0 Å². The van der Waals surface area contributed by atoms with Gasteiger partial charge in [-0.1, -0.05) is 24.3 Å². The second kappa shape index (κ2) is 7.30. The molecule has 0 unspecified atom stereocenters. The number of hydrogen-bond acceptors (Lipinski definition) is 4. The number of halogens is 2. The lowest BCUT2D eigenvalue weighted by Gasteiger charge is -2.42. The number of fused-ring (bicyclic) bond motifs is 2. The first-order chi connectivity index (χ1) is 15.0. The fraction of sp³-hybridized carbons (Fsp3) is 0.261. The summed E-state index contributed by atoms with van der Waals surface area (Å²) in [5.74, 6) is -2.41. The van der Waals surface area contributed by atoms with E-state index in [0.29, 0.717) is 24.1 Å². The minimum absolute atomic E-state index is 0.167. The van der Waals surface area contributed by atoms with Crippen molar-refractivity contribution in [2.24, 2.45) is 0 Å². The summed E-state index contributed by atoms with van der Waals surface area (Å²) in [6.45, 7) is 0.488. The van der Waals surface area contributed by atoms with Gasteiger partial charge < -0.3 is 10.0 Å². The molecule has 158 valence electrons. The molecule has 3 heterocycles. The minimum Gasteiger partial charge on any atom is -0.502 e. The number of carbonyl (C=O) groups is 1. The lowest BCUT2D eigenvalue weighted by atomic mass is 9.80. The largest absolute Gasteiger partial charge is 0.502 e. The van der Waals surface area contributed by atoms with Crippen LogP contribution in [0.1, 0.15) is 46.4 Å². The van der Waals surface area contributed by atoms with Crippen LogP contribution in [-0.4, -0.2) is 38.3 Å². The Morgan fingerprint density at radius 3 is 2.55 bits per heavy atom. The third-order valence-corrected chi connectivity index (χ3v) is 6.20. The SMILES string of the molecule is O=C1c2c(O)c(=O)cnn2[C@@H]([C@H](c2ccc(F)cc2)c2cccc(F)c2)[C@H]2CCCN12. The highest BCUT2D eigenvalue weighted by molar-refractivity contribution is 5.96. The smallest absolute Gasteiger partial charge is 0.276 e. The van der Waals surface area contributed by atoms with E-state index in [4.69, 9.17) is 0 Å². The zero-order valence-corrected chi connectivity index (χ0v) is 16.4. The molecular weight excluding hydrogens is 404 g/mol. The molecule has 6 nitrogen and oxygen atoms in total. The van der Waals surface area contributed by atoms with Crippen LogP contribution in [0.25, 0.3) is 0 Å². The number of carbonyl (C=O) groups excluding carboxylic acids is 1. The third kappa shape index (κ3) is 3.10. The van der Waals surface area contributed by atoms with Crippen molar-refractivity contribution in [1.82, 2.24) is 14.7 Å². The molecule has 0 bridgehead atoms. The Morgan fingerprint density at radius 1 is 1.03 bits per heavy atom. The summed E-state index contributed by atoms with van der Waals surface area (Å²) in [6, 6.07) is 11.2. The molecule has 3 aromatic rings. The van der Waals surface area contributed by atoms with Gasteiger partial charge in [0.1, 0.15) is 11.6 Å². The average molecular weight is 423 g/mol. The summed E-state index contributed by atoms with van der Waals surface area (Å²) in [7, 11) is 0. The Labute approximate surface area is 176 Å². The van der Waals surface area contributed by atoms with E-state index in [2.05, 4.69) is 5.10 Å². The van der Waals surface area contributed by atoms with Gasteiger partial charge in [0.15, 0.2) is 11.4 Å². The van der Waals surface area contributed by atoms with Crippen LogP contribution in [0, 0.1) is 11.6 Å². The lowest BCUT2D eigenvalue weighted by Crippen LogP contribution is -2.50. The van der Waals surface area contributed by atoms with Crippen molar-refractivity contribution in [3.05, 3.63) is 93.4 Å². The number of hydrogen-bond donors (Lipinski definition) is 1. The third-order valence-electron chi connectivity index (χ3n) is 6.20. The molecule has 1 amide bonds. The molecule has 8 heteroatoms. The summed E-state index contributed by atoms with van der Waals surface area (Å²) < 4.78 is 29.2. The second-order valence-electron chi connectivity index (χ2n) is 7.93. The van der Waals surface area contributed by atoms with Gasteiger partial charge in [0.05, 0.1) is 18.3 Å². The summed E-state index contributed by atoms with van der Waals surface area (Å²) in [5.41, 5.74) is 0.437. The molecule has 31 heavy (non-hydrogen) atoms. The van der Waals surface area contributed by atoms with E-state index in [-0.39, 0.29) is 11.7 Å². The van der Waals surface area contributed by atoms with E-state index in [1.165, 1.54) is 28.9 Å².